The molecule has 2 N–H and O–H groups in total. The minimum atomic E-state index is 0.0922. The molecular formula is C14H25N3O2. The number of aliphatic imine (C=N–C) groups is 1. The summed E-state index contributed by atoms with van der Waals surface area (Å²) in [6.45, 7) is 2.61. The van der Waals surface area contributed by atoms with Crippen LogP contribution in [0.1, 0.15) is 38.5 Å². The molecule has 0 aromatic rings. The van der Waals surface area contributed by atoms with Crippen LogP contribution in [0.5, 0.6) is 0 Å². The lowest BCUT2D eigenvalue weighted by atomic mass is 9.79. The maximum Gasteiger partial charge on any atom is 0.191 e. The van der Waals surface area contributed by atoms with Crippen molar-refractivity contribution in [1.82, 2.24) is 4.90 Å². The molecule has 19 heavy (non-hydrogen) atoms. The molecule has 5 nitrogen and oxygen atoms in total. The van der Waals surface area contributed by atoms with Gasteiger partial charge in [-0.25, -0.2) is 0 Å². The quantitative estimate of drug-likeness (QED) is 0.832. The van der Waals surface area contributed by atoms with Gasteiger partial charge in [-0.3, -0.25) is 4.99 Å². The molecular weight excluding hydrogens is 242 g/mol. The second-order valence-corrected chi connectivity index (χ2v) is 6.10. The van der Waals surface area contributed by atoms with E-state index < -0.39 is 0 Å². The van der Waals surface area contributed by atoms with Crippen LogP contribution in [0, 0.1) is 0 Å². The summed E-state index contributed by atoms with van der Waals surface area (Å²) in [5.74, 6) is 0.701. The van der Waals surface area contributed by atoms with Crippen LogP contribution in [-0.2, 0) is 9.47 Å². The Kier molecular flexibility index (Phi) is 3.67. The Morgan fingerprint density at radius 2 is 2.37 bits per heavy atom. The molecule has 2 fully saturated rings. The predicted octanol–water partition coefficient (Wildman–Crippen LogP) is 1.12. The normalized spacial score (nSPS) is 39.0. The topological polar surface area (TPSA) is 60.1 Å². The predicted molar refractivity (Wildman–Crippen MR) is 74.2 cm³/mol. The first-order chi connectivity index (χ1) is 9.23. The molecule has 0 aromatic heterocycles. The highest BCUT2D eigenvalue weighted by molar-refractivity contribution is 5.81. The van der Waals surface area contributed by atoms with E-state index in [1.807, 2.05) is 7.11 Å². The lowest BCUT2D eigenvalue weighted by Gasteiger charge is -2.45. The minimum Gasteiger partial charge on any atom is -0.381 e. The zero-order chi connectivity index (χ0) is 13.3. The van der Waals surface area contributed by atoms with Crippen molar-refractivity contribution in [2.75, 3.05) is 26.8 Å². The van der Waals surface area contributed by atoms with E-state index in [1.54, 1.807) is 0 Å². The molecule has 1 aliphatic carbocycles. The number of rotatable bonds is 3. The molecule has 3 atom stereocenters. The Morgan fingerprint density at radius 3 is 3.11 bits per heavy atom. The molecule has 0 radical (unpaired) electrons. The fraction of sp³-hybridized carbons (Fsp3) is 0.929. The molecule has 0 bridgehead atoms. The lowest BCUT2D eigenvalue weighted by Crippen LogP contribution is -2.57. The Bertz CT molecular complexity index is 355. The van der Waals surface area contributed by atoms with Gasteiger partial charge in [-0.2, -0.15) is 0 Å². The fourth-order valence-electron chi connectivity index (χ4n) is 3.80. The maximum absolute atomic E-state index is 6.13. The summed E-state index contributed by atoms with van der Waals surface area (Å²) in [7, 11) is 1.81. The summed E-state index contributed by atoms with van der Waals surface area (Å²) in [5, 5.41) is 0. The number of hydrogen-bond donors (Lipinski definition) is 1. The van der Waals surface area contributed by atoms with E-state index in [4.69, 9.17) is 15.2 Å². The van der Waals surface area contributed by atoms with Crippen LogP contribution in [0.4, 0.5) is 0 Å². The first-order valence-corrected chi connectivity index (χ1v) is 7.45. The van der Waals surface area contributed by atoms with E-state index in [1.165, 1.54) is 19.3 Å². The maximum atomic E-state index is 6.13. The Balaban J connectivity index is 1.72. The van der Waals surface area contributed by atoms with Gasteiger partial charge in [0.05, 0.1) is 24.3 Å². The molecule has 3 unspecified atom stereocenters. The van der Waals surface area contributed by atoms with Crippen molar-refractivity contribution in [1.29, 1.82) is 0 Å². The molecule has 1 saturated heterocycles. The van der Waals surface area contributed by atoms with Gasteiger partial charge in [0.2, 0.25) is 0 Å². The standard InChI is InChI=1S/C14H25N3O2/c1-18-11-4-2-6-14(8-11)10-16-13(15)17(14)9-12-5-3-7-19-12/h11-12H,2-10H2,1H3,(H2,15,16). The highest BCUT2D eigenvalue weighted by Gasteiger charge is 2.46. The van der Waals surface area contributed by atoms with Crippen molar-refractivity contribution >= 4 is 5.96 Å². The number of hydrogen-bond acceptors (Lipinski definition) is 5. The van der Waals surface area contributed by atoms with E-state index in [-0.39, 0.29) is 5.54 Å². The van der Waals surface area contributed by atoms with E-state index in [0.29, 0.717) is 18.2 Å². The summed E-state index contributed by atoms with van der Waals surface area (Å²) < 4.78 is 11.3. The van der Waals surface area contributed by atoms with E-state index in [2.05, 4.69) is 9.89 Å². The van der Waals surface area contributed by atoms with Crippen LogP contribution in [0.25, 0.3) is 0 Å². The van der Waals surface area contributed by atoms with Crippen molar-refractivity contribution in [2.45, 2.75) is 56.3 Å². The van der Waals surface area contributed by atoms with E-state index in [0.717, 1.165) is 39.0 Å². The minimum absolute atomic E-state index is 0.0922. The molecule has 0 aromatic carbocycles. The zero-order valence-electron chi connectivity index (χ0n) is 11.8. The van der Waals surface area contributed by atoms with Gasteiger partial charge < -0.3 is 20.1 Å². The second kappa shape index (κ2) is 5.29. The number of nitrogens with zero attached hydrogens (tertiary/aromatic N) is 2. The number of guanidine groups is 1. The van der Waals surface area contributed by atoms with Crippen LogP contribution in [0.3, 0.4) is 0 Å². The van der Waals surface area contributed by atoms with Gasteiger partial charge in [-0.1, -0.05) is 0 Å². The third-order valence-electron chi connectivity index (χ3n) is 4.90. The molecule has 3 rings (SSSR count). The van der Waals surface area contributed by atoms with Crippen LogP contribution in [-0.4, -0.2) is 55.4 Å². The van der Waals surface area contributed by atoms with Crippen molar-refractivity contribution < 1.29 is 9.47 Å². The van der Waals surface area contributed by atoms with Gasteiger partial charge in [0.15, 0.2) is 5.96 Å². The average Bonchev–Trinajstić information content (AvgIpc) is 3.04. The van der Waals surface area contributed by atoms with Gasteiger partial charge >= 0.3 is 0 Å². The van der Waals surface area contributed by atoms with Gasteiger partial charge in [-0.15, -0.1) is 0 Å². The summed E-state index contributed by atoms with van der Waals surface area (Å²) in [6, 6.07) is 0. The SMILES string of the molecule is COC1CCCC2(CN=C(N)N2CC2CCCO2)C1. The molecule has 2 aliphatic heterocycles. The van der Waals surface area contributed by atoms with Crippen LogP contribution >= 0.6 is 0 Å². The smallest absolute Gasteiger partial charge is 0.191 e. The lowest BCUT2D eigenvalue weighted by molar-refractivity contribution is -0.00553. The monoisotopic (exact) mass is 267 g/mol. The first kappa shape index (κ1) is 13.2. The summed E-state index contributed by atoms with van der Waals surface area (Å²) in [4.78, 5) is 6.83. The Hall–Kier alpha value is -0.810. The van der Waals surface area contributed by atoms with Crippen molar-refractivity contribution in [3.8, 4) is 0 Å². The van der Waals surface area contributed by atoms with E-state index in [9.17, 15) is 0 Å². The third kappa shape index (κ3) is 2.46. The Labute approximate surface area is 115 Å². The Morgan fingerprint density at radius 1 is 1.47 bits per heavy atom. The van der Waals surface area contributed by atoms with Crippen molar-refractivity contribution in [3.63, 3.8) is 0 Å². The molecule has 1 saturated carbocycles. The van der Waals surface area contributed by atoms with Crippen LogP contribution in [0.2, 0.25) is 0 Å². The molecule has 1 spiro atoms. The van der Waals surface area contributed by atoms with Gasteiger partial charge in [0.1, 0.15) is 0 Å². The summed E-state index contributed by atoms with van der Waals surface area (Å²) >= 11 is 0. The third-order valence-corrected chi connectivity index (χ3v) is 4.90. The summed E-state index contributed by atoms with van der Waals surface area (Å²) in [6.07, 6.45) is 7.56. The van der Waals surface area contributed by atoms with Gasteiger partial charge in [0, 0.05) is 20.3 Å². The molecule has 5 heteroatoms. The first-order valence-electron chi connectivity index (χ1n) is 7.45. The largest absolute Gasteiger partial charge is 0.381 e. The van der Waals surface area contributed by atoms with Gasteiger partial charge in [0.25, 0.3) is 0 Å². The van der Waals surface area contributed by atoms with Crippen molar-refractivity contribution in [3.05, 3.63) is 0 Å². The van der Waals surface area contributed by atoms with Crippen LogP contribution < -0.4 is 5.73 Å². The highest BCUT2D eigenvalue weighted by atomic mass is 16.5. The number of methoxy groups -OCH3 is 1. The molecule has 3 aliphatic rings. The number of ether oxygens (including phenoxy) is 2. The second-order valence-electron chi connectivity index (χ2n) is 6.10. The average molecular weight is 267 g/mol. The van der Waals surface area contributed by atoms with Gasteiger partial charge in [-0.05, 0) is 38.5 Å². The molecule has 2 heterocycles. The van der Waals surface area contributed by atoms with E-state index >= 15 is 0 Å². The summed E-state index contributed by atoms with van der Waals surface area (Å²) in [5.41, 5.74) is 6.22. The van der Waals surface area contributed by atoms with Crippen LogP contribution in [0.15, 0.2) is 4.99 Å². The number of nitrogens with two attached hydrogens (primary N) is 1. The molecule has 0 amide bonds. The van der Waals surface area contributed by atoms with Crippen molar-refractivity contribution in [2.24, 2.45) is 10.7 Å². The zero-order valence-corrected chi connectivity index (χ0v) is 11.8. The molecule has 108 valence electrons. The fourth-order valence-corrected chi connectivity index (χ4v) is 3.80. The highest BCUT2D eigenvalue weighted by Crippen LogP contribution is 2.38.